The van der Waals surface area contributed by atoms with Gasteiger partial charge in [-0.3, -0.25) is 4.79 Å². The second-order valence-corrected chi connectivity index (χ2v) is 5.44. The van der Waals surface area contributed by atoms with E-state index in [9.17, 15) is 9.59 Å². The molecule has 0 aliphatic carbocycles. The highest BCUT2D eigenvalue weighted by Crippen LogP contribution is 2.12. The van der Waals surface area contributed by atoms with Crippen LogP contribution >= 0.6 is 0 Å². The van der Waals surface area contributed by atoms with Gasteiger partial charge >= 0.3 is 6.09 Å². The molecule has 0 saturated carbocycles. The van der Waals surface area contributed by atoms with E-state index in [0.29, 0.717) is 25.7 Å². The topological polar surface area (TPSA) is 76.7 Å². The molecule has 0 aromatic heterocycles. The number of rotatable bonds is 7. The summed E-state index contributed by atoms with van der Waals surface area (Å²) < 4.78 is 10.2. The summed E-state index contributed by atoms with van der Waals surface area (Å²) in [6.45, 7) is 7.28. The second kappa shape index (κ2) is 8.79. The average Bonchev–Trinajstić information content (AvgIpc) is 2.89. The molecule has 1 fully saturated rings. The van der Waals surface area contributed by atoms with Crippen molar-refractivity contribution in [3.63, 3.8) is 0 Å². The largest absolute Gasteiger partial charge is 0.450 e. The molecule has 1 saturated heterocycles. The van der Waals surface area contributed by atoms with E-state index in [0.717, 1.165) is 19.3 Å². The van der Waals surface area contributed by atoms with Crippen LogP contribution in [0.25, 0.3) is 0 Å². The van der Waals surface area contributed by atoms with E-state index in [1.54, 1.807) is 6.92 Å². The van der Waals surface area contributed by atoms with Crippen molar-refractivity contribution in [2.45, 2.75) is 52.2 Å². The van der Waals surface area contributed by atoms with Crippen LogP contribution in [0.1, 0.15) is 40.0 Å². The minimum absolute atomic E-state index is 0.0954. The van der Waals surface area contributed by atoms with Crippen molar-refractivity contribution in [3.8, 4) is 0 Å². The molecule has 0 radical (unpaired) electrons. The molecule has 0 unspecified atom stereocenters. The smallest absolute Gasteiger partial charge is 0.407 e. The maximum absolute atomic E-state index is 11.9. The van der Waals surface area contributed by atoms with Crippen LogP contribution in [-0.4, -0.2) is 43.9 Å². The van der Waals surface area contributed by atoms with Crippen molar-refractivity contribution < 1.29 is 19.1 Å². The number of amides is 2. The molecule has 20 heavy (non-hydrogen) atoms. The van der Waals surface area contributed by atoms with E-state index < -0.39 is 6.09 Å². The first-order valence-electron chi connectivity index (χ1n) is 7.35. The highest BCUT2D eigenvalue weighted by Gasteiger charge is 2.24. The van der Waals surface area contributed by atoms with Gasteiger partial charge in [0, 0.05) is 19.2 Å². The van der Waals surface area contributed by atoms with Gasteiger partial charge in [0.25, 0.3) is 0 Å². The molecule has 6 heteroatoms. The van der Waals surface area contributed by atoms with Crippen LogP contribution in [-0.2, 0) is 14.3 Å². The molecular weight excluding hydrogens is 260 g/mol. The number of carbonyl (C=O) groups is 2. The van der Waals surface area contributed by atoms with Gasteiger partial charge in [0.05, 0.1) is 6.61 Å². The van der Waals surface area contributed by atoms with Crippen molar-refractivity contribution >= 4 is 12.0 Å². The van der Waals surface area contributed by atoms with Gasteiger partial charge in [-0.1, -0.05) is 13.8 Å². The Morgan fingerprint density at radius 1 is 1.40 bits per heavy atom. The van der Waals surface area contributed by atoms with E-state index in [1.165, 1.54) is 0 Å². The summed E-state index contributed by atoms with van der Waals surface area (Å²) >= 11 is 0. The van der Waals surface area contributed by atoms with Gasteiger partial charge in [0.2, 0.25) is 5.91 Å². The van der Waals surface area contributed by atoms with Gasteiger partial charge in [-0.15, -0.1) is 0 Å². The van der Waals surface area contributed by atoms with Gasteiger partial charge in [-0.05, 0) is 32.1 Å². The second-order valence-electron chi connectivity index (χ2n) is 5.44. The lowest BCUT2D eigenvalue weighted by Crippen LogP contribution is -2.46. The zero-order valence-corrected chi connectivity index (χ0v) is 12.6. The Hall–Kier alpha value is -1.30. The van der Waals surface area contributed by atoms with Gasteiger partial charge < -0.3 is 20.1 Å². The summed E-state index contributed by atoms with van der Waals surface area (Å²) in [5.41, 5.74) is 0. The lowest BCUT2D eigenvalue weighted by Gasteiger charge is -2.21. The quantitative estimate of drug-likeness (QED) is 0.742. The highest BCUT2D eigenvalue weighted by atomic mass is 16.5. The van der Waals surface area contributed by atoms with Crippen LogP contribution in [0.2, 0.25) is 0 Å². The molecule has 2 N–H and O–H groups in total. The van der Waals surface area contributed by atoms with Crippen LogP contribution in [0.4, 0.5) is 4.79 Å². The maximum Gasteiger partial charge on any atom is 0.407 e. The number of ether oxygens (including phenoxy) is 2. The molecule has 6 nitrogen and oxygen atoms in total. The lowest BCUT2D eigenvalue weighted by molar-refractivity contribution is -0.130. The van der Waals surface area contributed by atoms with Crippen molar-refractivity contribution in [1.29, 1.82) is 0 Å². The van der Waals surface area contributed by atoms with Crippen molar-refractivity contribution in [2.75, 3.05) is 19.8 Å². The molecule has 0 bridgehead atoms. The Kier molecular flexibility index (Phi) is 7.36. The Bertz CT molecular complexity index is 314. The molecular formula is C14H26N2O4. The Labute approximate surface area is 120 Å². The summed E-state index contributed by atoms with van der Waals surface area (Å²) in [6.07, 6.45) is 1.70. The molecule has 1 rings (SSSR count). The first-order chi connectivity index (χ1) is 9.52. The fraction of sp³-hybridized carbons (Fsp3) is 0.857. The highest BCUT2D eigenvalue weighted by molar-refractivity contribution is 5.81. The summed E-state index contributed by atoms with van der Waals surface area (Å²) in [6, 6.07) is -0.126. The van der Waals surface area contributed by atoms with Gasteiger partial charge in [0.15, 0.2) is 0 Å². The first-order valence-corrected chi connectivity index (χ1v) is 7.35. The van der Waals surface area contributed by atoms with Crippen molar-refractivity contribution in [1.82, 2.24) is 10.6 Å². The van der Waals surface area contributed by atoms with Crippen LogP contribution in [0.3, 0.4) is 0 Å². The molecule has 2 amide bonds. The molecule has 0 aromatic rings. The number of alkyl carbamates (subject to hydrolysis) is 1. The van der Waals surface area contributed by atoms with E-state index in [1.807, 2.05) is 0 Å². The predicted octanol–water partition coefficient (Wildman–Crippen LogP) is 1.44. The zero-order chi connectivity index (χ0) is 15.0. The van der Waals surface area contributed by atoms with E-state index in [2.05, 4.69) is 24.5 Å². The summed E-state index contributed by atoms with van der Waals surface area (Å²) in [5, 5.41) is 5.62. The van der Waals surface area contributed by atoms with E-state index in [4.69, 9.17) is 9.47 Å². The molecule has 1 aliphatic rings. The minimum atomic E-state index is -0.440. The summed E-state index contributed by atoms with van der Waals surface area (Å²) in [4.78, 5) is 23.3. The van der Waals surface area contributed by atoms with Gasteiger partial charge in [-0.25, -0.2) is 4.79 Å². The average molecular weight is 286 g/mol. The predicted molar refractivity (Wildman–Crippen MR) is 75.4 cm³/mol. The van der Waals surface area contributed by atoms with Crippen LogP contribution in [0, 0.1) is 5.92 Å². The fourth-order valence-electron chi connectivity index (χ4n) is 2.22. The maximum atomic E-state index is 11.9. The van der Waals surface area contributed by atoms with Crippen LogP contribution < -0.4 is 10.6 Å². The van der Waals surface area contributed by atoms with Crippen molar-refractivity contribution in [2.24, 2.45) is 5.92 Å². The molecule has 1 heterocycles. The third kappa shape index (κ3) is 6.23. The molecule has 2 atom stereocenters. The molecule has 1 aliphatic heterocycles. The third-order valence-corrected chi connectivity index (χ3v) is 3.10. The number of carbonyl (C=O) groups excluding carboxylic acids is 2. The lowest BCUT2D eigenvalue weighted by atomic mass is 10.0. The van der Waals surface area contributed by atoms with Crippen molar-refractivity contribution in [3.05, 3.63) is 0 Å². The van der Waals surface area contributed by atoms with E-state index in [-0.39, 0.29) is 18.1 Å². The number of hydrogen-bond acceptors (Lipinski definition) is 4. The molecule has 116 valence electrons. The number of nitrogens with one attached hydrogen (secondary N) is 2. The van der Waals surface area contributed by atoms with E-state index >= 15 is 0 Å². The normalized spacial score (nSPS) is 19.7. The van der Waals surface area contributed by atoms with Crippen LogP contribution in [0.15, 0.2) is 0 Å². The third-order valence-electron chi connectivity index (χ3n) is 3.10. The first kappa shape index (κ1) is 16.8. The summed E-state index contributed by atoms with van der Waals surface area (Å²) in [5.74, 6) is 0.323. The Morgan fingerprint density at radius 3 is 2.70 bits per heavy atom. The van der Waals surface area contributed by atoms with Gasteiger partial charge in [-0.2, -0.15) is 0 Å². The summed E-state index contributed by atoms with van der Waals surface area (Å²) in [7, 11) is 0. The van der Waals surface area contributed by atoms with Gasteiger partial charge in [0.1, 0.15) is 6.10 Å². The standard InChI is InChI=1S/C14H26N2O4/c1-4-19-14(18)16-11(8-10(2)3)9-15-13(17)12-6-5-7-20-12/h10-12H,4-9H2,1-3H3,(H,15,17)(H,16,18)/t11-,12+/m0/s1. The minimum Gasteiger partial charge on any atom is -0.450 e. The number of hydrogen-bond donors (Lipinski definition) is 2. The molecule has 0 spiro atoms. The monoisotopic (exact) mass is 286 g/mol. The zero-order valence-electron chi connectivity index (χ0n) is 12.6. The SMILES string of the molecule is CCOC(=O)N[C@H](CNC(=O)[C@H]1CCCO1)CC(C)C. The Balaban J connectivity index is 2.38. The molecule has 0 aromatic carbocycles. The fourth-order valence-corrected chi connectivity index (χ4v) is 2.22. The Morgan fingerprint density at radius 2 is 2.15 bits per heavy atom. The van der Waals surface area contributed by atoms with Crippen LogP contribution in [0.5, 0.6) is 0 Å².